The molecule has 0 rings (SSSR count). The third-order valence-electron chi connectivity index (χ3n) is 11.3. The Balaban J connectivity index is 4.31. The van der Waals surface area contributed by atoms with Crippen molar-refractivity contribution in [2.24, 2.45) is 0 Å². The maximum Gasteiger partial charge on any atom is 0.306 e. The number of nitrogens with zero attached hydrogens (tertiary/aromatic N) is 2. The number of esters is 2. The number of carbonyl (C=O) groups excluding carboxylic acids is 2. The largest absolute Gasteiger partial charge is 0.466 e. The van der Waals surface area contributed by atoms with Crippen LogP contribution in [0.3, 0.4) is 0 Å². The number of unbranched alkanes of at least 4 members (excludes halogenated alkanes) is 24. The number of rotatable bonds is 44. The standard InChI is InChI=1S/C48H96N2O5/c1-6-9-12-15-18-27-34-44-54-47(52)39-30-23-19-25-32-41-50(43-35-38-46(51)49(4)5)42-33-26-20-24-31-40-48(53)55-45(36-28-21-16-13-10-7-2)37-29-22-17-14-11-8-3/h45-46,51H,6-44H2,1-5H3. The fourth-order valence-corrected chi connectivity index (χ4v) is 7.49. The van der Waals surface area contributed by atoms with Crippen LogP contribution in [0.5, 0.6) is 0 Å². The molecular formula is C48H96N2O5. The van der Waals surface area contributed by atoms with Gasteiger partial charge in [0.05, 0.1) is 6.61 Å². The molecule has 1 N–H and O–H groups in total. The first-order chi connectivity index (χ1) is 26.8. The fraction of sp³-hybridized carbons (Fsp3) is 0.958. The molecule has 0 aromatic heterocycles. The zero-order valence-corrected chi connectivity index (χ0v) is 37.7. The minimum Gasteiger partial charge on any atom is -0.466 e. The van der Waals surface area contributed by atoms with Gasteiger partial charge in [-0.25, -0.2) is 0 Å². The molecule has 7 heteroatoms. The molecule has 0 aliphatic carbocycles. The van der Waals surface area contributed by atoms with E-state index in [2.05, 4.69) is 25.7 Å². The minimum atomic E-state index is -0.378. The fourth-order valence-electron chi connectivity index (χ4n) is 7.49. The molecule has 0 saturated heterocycles. The number of carbonyl (C=O) groups is 2. The van der Waals surface area contributed by atoms with Crippen LogP contribution in [0.25, 0.3) is 0 Å². The summed E-state index contributed by atoms with van der Waals surface area (Å²) in [4.78, 5) is 29.4. The first kappa shape index (κ1) is 53.8. The van der Waals surface area contributed by atoms with Gasteiger partial charge in [0.15, 0.2) is 0 Å². The van der Waals surface area contributed by atoms with Gasteiger partial charge in [-0.05, 0) is 104 Å². The van der Waals surface area contributed by atoms with Crippen molar-refractivity contribution in [3.8, 4) is 0 Å². The molecule has 55 heavy (non-hydrogen) atoms. The van der Waals surface area contributed by atoms with Crippen LogP contribution in [0.1, 0.15) is 245 Å². The Morgan fingerprint density at radius 1 is 0.455 bits per heavy atom. The predicted molar refractivity (Wildman–Crippen MR) is 236 cm³/mol. The summed E-state index contributed by atoms with van der Waals surface area (Å²) >= 11 is 0. The second-order valence-corrected chi connectivity index (χ2v) is 17.0. The smallest absolute Gasteiger partial charge is 0.306 e. The molecule has 0 amide bonds. The van der Waals surface area contributed by atoms with Gasteiger partial charge in [-0.1, -0.05) is 162 Å². The molecule has 0 radical (unpaired) electrons. The maximum atomic E-state index is 12.8. The Labute approximate surface area is 343 Å². The Kier molecular flexibility index (Phi) is 41.5. The summed E-state index contributed by atoms with van der Waals surface area (Å²) in [6.45, 7) is 10.6. The number of hydrogen-bond acceptors (Lipinski definition) is 7. The molecule has 0 bridgehead atoms. The Hall–Kier alpha value is -1.18. The van der Waals surface area contributed by atoms with E-state index >= 15 is 0 Å². The molecule has 0 heterocycles. The van der Waals surface area contributed by atoms with Crippen molar-refractivity contribution >= 4 is 11.9 Å². The zero-order chi connectivity index (χ0) is 40.5. The summed E-state index contributed by atoms with van der Waals surface area (Å²) in [5, 5.41) is 10.3. The van der Waals surface area contributed by atoms with Gasteiger partial charge < -0.3 is 19.5 Å². The molecular weight excluding hydrogens is 685 g/mol. The summed E-state index contributed by atoms with van der Waals surface area (Å²) in [7, 11) is 3.87. The highest BCUT2D eigenvalue weighted by atomic mass is 16.5. The van der Waals surface area contributed by atoms with Gasteiger partial charge >= 0.3 is 11.9 Å². The van der Waals surface area contributed by atoms with Crippen LogP contribution in [-0.2, 0) is 19.1 Å². The van der Waals surface area contributed by atoms with E-state index in [1.54, 1.807) is 0 Å². The Morgan fingerprint density at radius 3 is 1.31 bits per heavy atom. The molecule has 0 spiro atoms. The number of hydrogen-bond donors (Lipinski definition) is 1. The summed E-state index contributed by atoms with van der Waals surface area (Å²) in [5.41, 5.74) is 0. The van der Waals surface area contributed by atoms with E-state index < -0.39 is 0 Å². The first-order valence-electron chi connectivity index (χ1n) is 24.3. The van der Waals surface area contributed by atoms with Gasteiger partial charge in [-0.3, -0.25) is 14.5 Å². The monoisotopic (exact) mass is 781 g/mol. The maximum absolute atomic E-state index is 12.8. The normalized spacial score (nSPS) is 12.3. The van der Waals surface area contributed by atoms with Gasteiger partial charge in [0.1, 0.15) is 12.3 Å². The van der Waals surface area contributed by atoms with E-state index in [0.29, 0.717) is 19.4 Å². The number of aliphatic hydroxyl groups is 1. The quantitative estimate of drug-likeness (QED) is 0.0375. The summed E-state index contributed by atoms with van der Waals surface area (Å²) in [6.07, 6.45) is 39.9. The molecule has 1 unspecified atom stereocenters. The van der Waals surface area contributed by atoms with E-state index in [4.69, 9.17) is 9.47 Å². The summed E-state index contributed by atoms with van der Waals surface area (Å²) in [6, 6.07) is 0. The molecule has 0 aliphatic heterocycles. The van der Waals surface area contributed by atoms with E-state index in [1.165, 1.54) is 154 Å². The van der Waals surface area contributed by atoms with Crippen molar-refractivity contribution in [2.75, 3.05) is 40.3 Å². The lowest BCUT2D eigenvalue weighted by Crippen LogP contribution is -2.31. The van der Waals surface area contributed by atoms with Crippen LogP contribution in [0.4, 0.5) is 0 Å². The third kappa shape index (κ3) is 39.4. The number of aliphatic hydroxyl groups excluding tert-OH is 1. The average Bonchev–Trinajstić information content (AvgIpc) is 3.17. The van der Waals surface area contributed by atoms with Crippen molar-refractivity contribution in [3.05, 3.63) is 0 Å². The number of ether oxygens (including phenoxy) is 2. The first-order valence-corrected chi connectivity index (χ1v) is 24.3. The summed E-state index contributed by atoms with van der Waals surface area (Å²) < 4.78 is 11.5. The van der Waals surface area contributed by atoms with E-state index in [-0.39, 0.29) is 24.3 Å². The Bertz CT molecular complexity index is 793. The zero-order valence-electron chi connectivity index (χ0n) is 37.7. The van der Waals surface area contributed by atoms with E-state index in [9.17, 15) is 14.7 Å². The van der Waals surface area contributed by atoms with Gasteiger partial charge in [0.2, 0.25) is 0 Å². The van der Waals surface area contributed by atoms with Crippen LogP contribution < -0.4 is 0 Å². The SMILES string of the molecule is CCCCCCCCCOC(=O)CCCCCCCN(CCCCCCCC(=O)OC(CCCCCCCC)CCCCCCCC)CCCC(O)N(C)C. The van der Waals surface area contributed by atoms with Crippen LogP contribution >= 0.6 is 0 Å². The second kappa shape index (κ2) is 42.4. The molecule has 0 aliphatic rings. The third-order valence-corrected chi connectivity index (χ3v) is 11.3. The van der Waals surface area contributed by atoms with Gasteiger partial charge in [0, 0.05) is 12.8 Å². The lowest BCUT2D eigenvalue weighted by Gasteiger charge is -2.24. The van der Waals surface area contributed by atoms with Crippen LogP contribution in [-0.4, -0.2) is 79.5 Å². The van der Waals surface area contributed by atoms with Crippen molar-refractivity contribution in [1.29, 1.82) is 0 Å². The molecule has 0 saturated carbocycles. The van der Waals surface area contributed by atoms with Crippen molar-refractivity contribution in [3.63, 3.8) is 0 Å². The van der Waals surface area contributed by atoms with E-state index in [0.717, 1.165) is 77.4 Å². The van der Waals surface area contributed by atoms with Crippen molar-refractivity contribution < 1.29 is 24.2 Å². The van der Waals surface area contributed by atoms with Gasteiger partial charge in [0.25, 0.3) is 0 Å². The average molecular weight is 781 g/mol. The minimum absolute atomic E-state index is 0.0202. The second-order valence-electron chi connectivity index (χ2n) is 17.0. The highest BCUT2D eigenvalue weighted by Crippen LogP contribution is 2.19. The van der Waals surface area contributed by atoms with Crippen LogP contribution in [0.2, 0.25) is 0 Å². The van der Waals surface area contributed by atoms with E-state index in [1.807, 2.05) is 19.0 Å². The lowest BCUT2D eigenvalue weighted by molar-refractivity contribution is -0.150. The van der Waals surface area contributed by atoms with Crippen LogP contribution in [0.15, 0.2) is 0 Å². The predicted octanol–water partition coefficient (Wildman–Crippen LogP) is 13.3. The molecule has 7 nitrogen and oxygen atoms in total. The van der Waals surface area contributed by atoms with Crippen LogP contribution in [0, 0.1) is 0 Å². The van der Waals surface area contributed by atoms with Gasteiger partial charge in [-0.15, -0.1) is 0 Å². The Morgan fingerprint density at radius 2 is 0.836 bits per heavy atom. The van der Waals surface area contributed by atoms with Crippen molar-refractivity contribution in [2.45, 2.75) is 258 Å². The highest BCUT2D eigenvalue weighted by molar-refractivity contribution is 5.69. The molecule has 0 fully saturated rings. The summed E-state index contributed by atoms with van der Waals surface area (Å²) in [5.74, 6) is -0.00460. The molecule has 328 valence electrons. The lowest BCUT2D eigenvalue weighted by atomic mass is 10.0. The van der Waals surface area contributed by atoms with Crippen molar-refractivity contribution in [1.82, 2.24) is 9.80 Å². The molecule has 0 aromatic rings. The highest BCUT2D eigenvalue weighted by Gasteiger charge is 2.15. The molecule has 0 aromatic carbocycles. The molecule has 1 atom stereocenters. The van der Waals surface area contributed by atoms with Gasteiger partial charge in [-0.2, -0.15) is 0 Å². The topological polar surface area (TPSA) is 79.3 Å².